The molecule has 1 heterocycles. The van der Waals surface area contributed by atoms with E-state index in [4.69, 9.17) is 0 Å². The Balaban J connectivity index is 2.17. The predicted molar refractivity (Wildman–Crippen MR) is 71.2 cm³/mol. The molecule has 0 spiro atoms. The van der Waals surface area contributed by atoms with Gasteiger partial charge in [0.25, 0.3) is 0 Å². The maximum atomic E-state index is 12.0. The number of thiophene rings is 1. The summed E-state index contributed by atoms with van der Waals surface area (Å²) in [6.07, 6.45) is 0.486. The third-order valence-electron chi connectivity index (χ3n) is 2.45. The number of carbonyl (C=O) groups excluding carboxylic acids is 1. The summed E-state index contributed by atoms with van der Waals surface area (Å²) < 4.78 is 0.977. The highest BCUT2D eigenvalue weighted by atomic mass is 79.9. The molecule has 0 aliphatic rings. The first kappa shape index (κ1) is 11.6. The fourth-order valence-electron chi connectivity index (χ4n) is 1.53. The molecule has 1 nitrogen and oxygen atoms in total. The van der Waals surface area contributed by atoms with Crippen molar-refractivity contribution < 1.29 is 4.79 Å². The lowest BCUT2D eigenvalue weighted by Gasteiger charge is -2.02. The SMILES string of the molecule is Cc1ccccc1CC(=O)c1cc(Br)cs1. The molecule has 0 N–H and O–H groups in total. The van der Waals surface area contributed by atoms with Crippen molar-refractivity contribution >= 4 is 33.0 Å². The van der Waals surface area contributed by atoms with Gasteiger partial charge in [0, 0.05) is 16.3 Å². The van der Waals surface area contributed by atoms with E-state index in [-0.39, 0.29) is 5.78 Å². The number of Topliss-reactive ketones (excluding diaryl/α,β-unsaturated/α-hetero) is 1. The largest absolute Gasteiger partial charge is 0.293 e. The van der Waals surface area contributed by atoms with E-state index in [1.807, 2.05) is 42.6 Å². The number of hydrogen-bond acceptors (Lipinski definition) is 2. The Hall–Kier alpha value is -0.930. The molecule has 3 heteroatoms. The van der Waals surface area contributed by atoms with Gasteiger partial charge in [-0.05, 0) is 40.0 Å². The van der Waals surface area contributed by atoms with Crippen LogP contribution in [0.15, 0.2) is 40.2 Å². The number of benzene rings is 1. The second-order valence-corrected chi connectivity index (χ2v) is 5.48. The highest BCUT2D eigenvalue weighted by molar-refractivity contribution is 9.10. The maximum absolute atomic E-state index is 12.0. The zero-order chi connectivity index (χ0) is 11.5. The van der Waals surface area contributed by atoms with Crippen LogP contribution in [0.25, 0.3) is 0 Å². The maximum Gasteiger partial charge on any atom is 0.177 e. The fourth-order valence-corrected chi connectivity index (χ4v) is 2.89. The number of aryl methyl sites for hydroxylation is 1. The molecule has 0 saturated carbocycles. The highest BCUT2D eigenvalue weighted by Crippen LogP contribution is 2.21. The average Bonchev–Trinajstić information content (AvgIpc) is 2.68. The van der Waals surface area contributed by atoms with Gasteiger partial charge in [0.1, 0.15) is 0 Å². The molecule has 2 aromatic rings. The second-order valence-electron chi connectivity index (χ2n) is 3.66. The summed E-state index contributed by atoms with van der Waals surface area (Å²) in [7, 11) is 0. The Morgan fingerprint density at radius 3 is 2.75 bits per heavy atom. The Morgan fingerprint density at radius 2 is 2.12 bits per heavy atom. The minimum Gasteiger partial charge on any atom is -0.293 e. The smallest absolute Gasteiger partial charge is 0.177 e. The molecule has 0 aliphatic heterocycles. The van der Waals surface area contributed by atoms with Crippen molar-refractivity contribution in [1.29, 1.82) is 0 Å². The predicted octanol–water partition coefficient (Wildman–Crippen LogP) is 4.24. The van der Waals surface area contributed by atoms with Crippen LogP contribution in [0.4, 0.5) is 0 Å². The first-order chi connectivity index (χ1) is 7.66. The lowest BCUT2D eigenvalue weighted by Crippen LogP contribution is -2.02. The van der Waals surface area contributed by atoms with E-state index < -0.39 is 0 Å². The van der Waals surface area contributed by atoms with Crippen molar-refractivity contribution in [2.24, 2.45) is 0 Å². The van der Waals surface area contributed by atoms with Gasteiger partial charge in [-0.3, -0.25) is 4.79 Å². The number of hydrogen-bond donors (Lipinski definition) is 0. The number of rotatable bonds is 3. The summed E-state index contributed by atoms with van der Waals surface area (Å²) in [5.74, 6) is 0.185. The third-order valence-corrected chi connectivity index (χ3v) is 4.19. The molecule has 0 radical (unpaired) electrons. The molecule has 16 heavy (non-hydrogen) atoms. The number of halogens is 1. The Morgan fingerprint density at radius 1 is 1.38 bits per heavy atom. The Kier molecular flexibility index (Phi) is 3.56. The van der Waals surface area contributed by atoms with Crippen molar-refractivity contribution in [3.63, 3.8) is 0 Å². The first-order valence-electron chi connectivity index (χ1n) is 4.98. The summed E-state index contributed by atoms with van der Waals surface area (Å²) in [4.78, 5) is 12.8. The van der Waals surface area contributed by atoms with Gasteiger partial charge in [-0.25, -0.2) is 0 Å². The first-order valence-corrected chi connectivity index (χ1v) is 6.66. The summed E-state index contributed by atoms with van der Waals surface area (Å²) >= 11 is 4.84. The van der Waals surface area contributed by atoms with Crippen molar-refractivity contribution in [3.8, 4) is 0 Å². The van der Waals surface area contributed by atoms with Gasteiger partial charge in [0.05, 0.1) is 4.88 Å². The van der Waals surface area contributed by atoms with Crippen LogP contribution in [0, 0.1) is 6.92 Å². The molecule has 2 rings (SSSR count). The van der Waals surface area contributed by atoms with E-state index in [2.05, 4.69) is 15.9 Å². The standard InChI is InChI=1S/C13H11BrOS/c1-9-4-2-3-5-10(9)6-12(15)13-7-11(14)8-16-13/h2-5,7-8H,6H2,1H3. The van der Waals surface area contributed by atoms with E-state index in [9.17, 15) is 4.79 Å². The zero-order valence-electron chi connectivity index (χ0n) is 8.87. The van der Waals surface area contributed by atoms with E-state index in [0.717, 1.165) is 14.9 Å². The minimum absolute atomic E-state index is 0.185. The van der Waals surface area contributed by atoms with Crippen LogP contribution < -0.4 is 0 Å². The van der Waals surface area contributed by atoms with Crippen LogP contribution in [0.5, 0.6) is 0 Å². The van der Waals surface area contributed by atoms with Crippen LogP contribution in [0.2, 0.25) is 0 Å². The number of carbonyl (C=O) groups is 1. The topological polar surface area (TPSA) is 17.1 Å². The van der Waals surface area contributed by atoms with Crippen LogP contribution in [0.1, 0.15) is 20.8 Å². The molecule has 0 atom stereocenters. The quantitative estimate of drug-likeness (QED) is 0.774. The molecule has 82 valence electrons. The van der Waals surface area contributed by atoms with Gasteiger partial charge in [0.2, 0.25) is 0 Å². The van der Waals surface area contributed by atoms with Crippen molar-refractivity contribution in [2.75, 3.05) is 0 Å². The molecule has 0 saturated heterocycles. The fraction of sp³-hybridized carbons (Fsp3) is 0.154. The second kappa shape index (κ2) is 4.93. The van der Waals surface area contributed by atoms with E-state index >= 15 is 0 Å². The Labute approximate surface area is 107 Å². The van der Waals surface area contributed by atoms with Gasteiger partial charge in [0.15, 0.2) is 5.78 Å². The monoisotopic (exact) mass is 294 g/mol. The lowest BCUT2D eigenvalue weighted by atomic mass is 10.0. The minimum atomic E-state index is 0.185. The number of ketones is 1. The molecule has 0 unspecified atom stereocenters. The molecule has 0 fully saturated rings. The normalized spacial score (nSPS) is 10.4. The summed E-state index contributed by atoms with van der Waals surface area (Å²) in [5.41, 5.74) is 2.28. The van der Waals surface area contributed by atoms with E-state index in [1.54, 1.807) is 0 Å². The van der Waals surface area contributed by atoms with Crippen LogP contribution in [0.3, 0.4) is 0 Å². The van der Waals surface area contributed by atoms with Crippen molar-refractivity contribution in [1.82, 2.24) is 0 Å². The van der Waals surface area contributed by atoms with Crippen LogP contribution in [-0.2, 0) is 6.42 Å². The molecule has 0 amide bonds. The molecule has 0 aliphatic carbocycles. The van der Waals surface area contributed by atoms with Gasteiger partial charge in [-0.2, -0.15) is 0 Å². The van der Waals surface area contributed by atoms with Gasteiger partial charge in [-0.1, -0.05) is 24.3 Å². The van der Waals surface area contributed by atoms with E-state index in [0.29, 0.717) is 6.42 Å². The third kappa shape index (κ3) is 2.60. The van der Waals surface area contributed by atoms with Gasteiger partial charge in [-0.15, -0.1) is 11.3 Å². The molecule has 0 bridgehead atoms. The average molecular weight is 295 g/mol. The van der Waals surface area contributed by atoms with E-state index in [1.165, 1.54) is 16.9 Å². The zero-order valence-corrected chi connectivity index (χ0v) is 11.3. The summed E-state index contributed by atoms with van der Waals surface area (Å²) in [6, 6.07) is 9.89. The molecular weight excluding hydrogens is 284 g/mol. The molecular formula is C13H11BrOS. The van der Waals surface area contributed by atoms with Crippen LogP contribution in [-0.4, -0.2) is 5.78 Å². The van der Waals surface area contributed by atoms with Crippen LogP contribution >= 0.6 is 27.3 Å². The summed E-state index contributed by atoms with van der Waals surface area (Å²) in [5, 5.41) is 1.94. The van der Waals surface area contributed by atoms with Gasteiger partial charge < -0.3 is 0 Å². The summed E-state index contributed by atoms with van der Waals surface area (Å²) in [6.45, 7) is 2.03. The van der Waals surface area contributed by atoms with Crippen molar-refractivity contribution in [2.45, 2.75) is 13.3 Å². The van der Waals surface area contributed by atoms with Crippen molar-refractivity contribution in [3.05, 3.63) is 56.2 Å². The van der Waals surface area contributed by atoms with Gasteiger partial charge >= 0.3 is 0 Å². The molecule has 1 aromatic carbocycles. The lowest BCUT2D eigenvalue weighted by molar-refractivity contribution is 0.0996. The Bertz CT molecular complexity index is 516. The molecule has 1 aromatic heterocycles. The highest BCUT2D eigenvalue weighted by Gasteiger charge is 2.10.